The molecule has 0 fully saturated rings. The molecule has 0 saturated heterocycles. The van der Waals surface area contributed by atoms with E-state index < -0.39 is 26.0 Å². The van der Waals surface area contributed by atoms with Gasteiger partial charge in [0.25, 0.3) is 10.0 Å². The summed E-state index contributed by atoms with van der Waals surface area (Å²) in [6.45, 7) is 0.416. The fraction of sp³-hybridized carbons (Fsp3) is 0.278. The van der Waals surface area contributed by atoms with Crippen molar-refractivity contribution in [3.05, 3.63) is 42.5 Å². The maximum absolute atomic E-state index is 12.6. The first kappa shape index (κ1) is 21.9. The van der Waals surface area contributed by atoms with E-state index in [1.165, 1.54) is 49.5 Å². The molecule has 2 aromatic carbocycles. The van der Waals surface area contributed by atoms with E-state index in [1.807, 2.05) is 0 Å². The molecule has 1 amide bonds. The maximum Gasteiger partial charge on any atom is 0.262 e. The van der Waals surface area contributed by atoms with E-state index >= 15 is 0 Å². The Morgan fingerprint density at radius 2 is 1.57 bits per heavy atom. The number of anilines is 2. The normalized spacial score (nSPS) is 13.7. The van der Waals surface area contributed by atoms with Crippen molar-refractivity contribution < 1.29 is 31.1 Å². The molecule has 10 nitrogen and oxygen atoms in total. The number of benzene rings is 2. The van der Waals surface area contributed by atoms with Gasteiger partial charge in [0.15, 0.2) is 11.5 Å². The van der Waals surface area contributed by atoms with Crippen molar-refractivity contribution in [3.8, 4) is 11.5 Å². The van der Waals surface area contributed by atoms with Gasteiger partial charge in [-0.25, -0.2) is 16.8 Å². The first-order valence-corrected chi connectivity index (χ1v) is 12.1. The van der Waals surface area contributed by atoms with E-state index in [9.17, 15) is 21.6 Å². The van der Waals surface area contributed by atoms with E-state index in [2.05, 4.69) is 10.0 Å². The van der Waals surface area contributed by atoms with Gasteiger partial charge in [-0.3, -0.25) is 9.52 Å². The van der Waals surface area contributed by atoms with Gasteiger partial charge in [0.1, 0.15) is 13.2 Å². The van der Waals surface area contributed by atoms with Crippen LogP contribution in [0, 0.1) is 0 Å². The Hall–Kier alpha value is -2.83. The molecule has 0 aromatic heterocycles. The van der Waals surface area contributed by atoms with Crippen LogP contribution < -0.4 is 19.5 Å². The van der Waals surface area contributed by atoms with Crippen molar-refractivity contribution in [3.63, 3.8) is 0 Å². The summed E-state index contributed by atoms with van der Waals surface area (Å²) in [7, 11) is -6.04. The summed E-state index contributed by atoms with van der Waals surface area (Å²) >= 11 is 0. The minimum Gasteiger partial charge on any atom is -0.486 e. The van der Waals surface area contributed by atoms with Gasteiger partial charge in [-0.2, -0.15) is 4.31 Å². The van der Waals surface area contributed by atoms with Crippen molar-refractivity contribution in [2.45, 2.75) is 4.90 Å². The molecule has 2 N–H and O–H groups in total. The summed E-state index contributed by atoms with van der Waals surface area (Å²) in [6.07, 6.45) is 1.00. The lowest BCUT2D eigenvalue weighted by molar-refractivity contribution is -0.116. The van der Waals surface area contributed by atoms with Gasteiger partial charge in [-0.1, -0.05) is 0 Å². The number of rotatable bonds is 7. The molecule has 1 aliphatic rings. The zero-order valence-corrected chi connectivity index (χ0v) is 17.9. The Bertz CT molecular complexity index is 1150. The second-order valence-corrected chi connectivity index (χ2v) is 10.3. The number of nitrogens with zero attached hydrogens (tertiary/aromatic N) is 1. The van der Waals surface area contributed by atoms with E-state index in [0.717, 1.165) is 10.6 Å². The zero-order chi connectivity index (χ0) is 21.9. The highest BCUT2D eigenvalue weighted by Crippen LogP contribution is 2.32. The first-order chi connectivity index (χ1) is 14.0. The van der Waals surface area contributed by atoms with Crippen molar-refractivity contribution in [1.29, 1.82) is 0 Å². The smallest absolute Gasteiger partial charge is 0.262 e. The van der Waals surface area contributed by atoms with Crippen LogP contribution in [0.25, 0.3) is 0 Å². The summed E-state index contributed by atoms with van der Waals surface area (Å²) in [5.74, 6) is 0.329. The Morgan fingerprint density at radius 1 is 0.967 bits per heavy atom. The van der Waals surface area contributed by atoms with Crippen molar-refractivity contribution >= 4 is 37.3 Å². The minimum absolute atomic E-state index is 0.0212. The number of fused-ring (bicyclic) bond motifs is 1. The molecule has 2 aromatic rings. The Morgan fingerprint density at radius 3 is 2.20 bits per heavy atom. The van der Waals surface area contributed by atoms with Crippen LogP contribution in [0.2, 0.25) is 0 Å². The molecule has 30 heavy (non-hydrogen) atoms. The van der Waals surface area contributed by atoms with Crippen LogP contribution in [-0.4, -0.2) is 60.1 Å². The fourth-order valence-electron chi connectivity index (χ4n) is 2.55. The number of hydrogen-bond donors (Lipinski definition) is 2. The summed E-state index contributed by atoms with van der Waals surface area (Å²) in [4.78, 5) is 12.0. The lowest BCUT2D eigenvalue weighted by atomic mass is 10.3. The predicted octanol–water partition coefficient (Wildman–Crippen LogP) is 1.09. The van der Waals surface area contributed by atoms with Gasteiger partial charge in [0.05, 0.1) is 17.7 Å². The largest absolute Gasteiger partial charge is 0.486 e. The number of hydrogen-bond acceptors (Lipinski definition) is 7. The number of amides is 1. The SMILES string of the molecule is CN(CC(=O)Nc1ccc(NS(=O)(=O)c2ccc3c(c2)OCCO3)cc1)S(C)(=O)=O. The highest BCUT2D eigenvalue weighted by atomic mass is 32.2. The van der Waals surface area contributed by atoms with E-state index in [0.29, 0.717) is 30.4 Å². The number of ether oxygens (including phenoxy) is 2. The van der Waals surface area contributed by atoms with Crippen LogP contribution in [0.1, 0.15) is 0 Å². The molecule has 0 aliphatic carbocycles. The Labute approximate surface area is 174 Å². The molecule has 0 unspecified atom stereocenters. The average Bonchev–Trinajstić information content (AvgIpc) is 2.68. The van der Waals surface area contributed by atoms with E-state index in [4.69, 9.17) is 9.47 Å². The average molecular weight is 456 g/mol. The molecular formula is C18H21N3O7S2. The third-order valence-electron chi connectivity index (χ3n) is 4.18. The first-order valence-electron chi connectivity index (χ1n) is 8.78. The molecule has 0 bridgehead atoms. The van der Waals surface area contributed by atoms with Crippen molar-refractivity contribution in [2.75, 3.05) is 43.1 Å². The third kappa shape index (κ3) is 5.40. The molecule has 12 heteroatoms. The minimum atomic E-state index is -3.86. The molecule has 1 aliphatic heterocycles. The molecule has 0 atom stereocenters. The van der Waals surface area contributed by atoms with Gasteiger partial charge in [0, 0.05) is 24.5 Å². The lowest BCUT2D eigenvalue weighted by Gasteiger charge is -2.19. The predicted molar refractivity (Wildman–Crippen MR) is 111 cm³/mol. The van der Waals surface area contributed by atoms with Crippen LogP contribution in [0.5, 0.6) is 11.5 Å². The summed E-state index contributed by atoms with van der Waals surface area (Å²) < 4.78 is 62.1. The van der Waals surface area contributed by atoms with Gasteiger partial charge in [-0.05, 0) is 36.4 Å². The maximum atomic E-state index is 12.6. The van der Waals surface area contributed by atoms with E-state index in [1.54, 1.807) is 0 Å². The van der Waals surface area contributed by atoms with Crippen LogP contribution >= 0.6 is 0 Å². The standard InChI is InChI=1S/C18H21N3O7S2/c1-21(29(2,23)24)12-18(22)19-13-3-5-14(6-4-13)20-30(25,26)15-7-8-16-17(11-15)28-10-9-27-16/h3-8,11,20H,9-10,12H2,1-2H3,(H,19,22). The summed E-state index contributed by atoms with van der Waals surface area (Å²) in [5, 5.41) is 2.55. The molecule has 3 rings (SSSR count). The molecule has 1 heterocycles. The summed E-state index contributed by atoms with van der Waals surface area (Å²) in [5.41, 5.74) is 0.681. The van der Waals surface area contributed by atoms with Crippen LogP contribution in [0.3, 0.4) is 0 Å². The number of carbonyl (C=O) groups is 1. The van der Waals surface area contributed by atoms with Gasteiger partial charge in [-0.15, -0.1) is 0 Å². The van der Waals surface area contributed by atoms with Crippen molar-refractivity contribution in [2.24, 2.45) is 0 Å². The number of nitrogens with one attached hydrogen (secondary N) is 2. The topological polar surface area (TPSA) is 131 Å². The van der Waals surface area contributed by atoms with Crippen molar-refractivity contribution in [1.82, 2.24) is 4.31 Å². The number of carbonyl (C=O) groups excluding carboxylic acids is 1. The van der Waals surface area contributed by atoms with Crippen LogP contribution in [0.4, 0.5) is 11.4 Å². The molecule has 162 valence electrons. The highest BCUT2D eigenvalue weighted by molar-refractivity contribution is 7.92. The van der Waals surface area contributed by atoms with Crippen LogP contribution in [0.15, 0.2) is 47.4 Å². The zero-order valence-electron chi connectivity index (χ0n) is 16.3. The second-order valence-electron chi connectivity index (χ2n) is 6.56. The quantitative estimate of drug-likeness (QED) is 0.639. The Kier molecular flexibility index (Phi) is 6.19. The number of likely N-dealkylation sites (N-methyl/N-ethyl adjacent to an activating group) is 1. The molecule has 0 radical (unpaired) electrons. The lowest BCUT2D eigenvalue weighted by Crippen LogP contribution is -2.34. The molecule has 0 saturated carbocycles. The van der Waals surface area contributed by atoms with Gasteiger partial charge >= 0.3 is 0 Å². The molecular weight excluding hydrogens is 434 g/mol. The second kappa shape index (κ2) is 8.50. The third-order valence-corrected chi connectivity index (χ3v) is 6.82. The fourth-order valence-corrected chi connectivity index (χ4v) is 3.97. The Balaban J connectivity index is 1.65. The monoisotopic (exact) mass is 455 g/mol. The highest BCUT2D eigenvalue weighted by Gasteiger charge is 2.20. The summed E-state index contributed by atoms with van der Waals surface area (Å²) in [6, 6.07) is 10.3. The number of sulfonamides is 2. The van der Waals surface area contributed by atoms with Gasteiger partial charge < -0.3 is 14.8 Å². The van der Waals surface area contributed by atoms with E-state index in [-0.39, 0.29) is 17.1 Å². The van der Waals surface area contributed by atoms with Gasteiger partial charge in [0.2, 0.25) is 15.9 Å². The van der Waals surface area contributed by atoms with Crippen LogP contribution in [-0.2, 0) is 24.8 Å². The molecule has 0 spiro atoms.